The Hall–Kier alpha value is -2.69. The zero-order valence-electron chi connectivity index (χ0n) is 10.6. The Morgan fingerprint density at radius 1 is 1.25 bits per heavy atom. The molecule has 102 valence electrons. The topological polar surface area (TPSA) is 87.2 Å². The van der Waals surface area contributed by atoms with Gasteiger partial charge >= 0.3 is 5.97 Å². The van der Waals surface area contributed by atoms with Crippen molar-refractivity contribution in [1.29, 1.82) is 5.41 Å². The highest BCUT2D eigenvalue weighted by Gasteiger charge is 2.11. The van der Waals surface area contributed by atoms with Crippen molar-refractivity contribution < 1.29 is 14.3 Å². The maximum Gasteiger partial charge on any atom is 0.307 e. The van der Waals surface area contributed by atoms with Crippen LogP contribution in [-0.2, 0) is 11.2 Å². The quantitative estimate of drug-likeness (QED) is 0.590. The summed E-state index contributed by atoms with van der Waals surface area (Å²) in [5.41, 5.74) is 7.57. The van der Waals surface area contributed by atoms with E-state index in [1.807, 2.05) is 0 Å². The summed E-state index contributed by atoms with van der Waals surface area (Å²) in [5.74, 6) is -1.40. The lowest BCUT2D eigenvalue weighted by Gasteiger charge is -2.10. The summed E-state index contributed by atoms with van der Waals surface area (Å²) in [7, 11) is 0. The molecule has 0 aliphatic rings. The van der Waals surface area contributed by atoms with Crippen LogP contribution in [0.3, 0.4) is 0 Å². The number of anilines is 1. The maximum atomic E-state index is 13.2. The van der Waals surface area contributed by atoms with Gasteiger partial charge in [-0.3, -0.25) is 10.2 Å². The maximum absolute atomic E-state index is 13.2. The normalized spacial score (nSPS) is 10.2. The molecule has 0 saturated heterocycles. The molecule has 0 aliphatic carbocycles. The molecule has 2 aromatic rings. The molecular formula is C15H13FN2O2. The summed E-state index contributed by atoms with van der Waals surface area (Å²) in [6.45, 7) is 0. The first-order valence-electron chi connectivity index (χ1n) is 5.92. The molecule has 0 unspecified atom stereocenters. The van der Waals surface area contributed by atoms with E-state index in [2.05, 4.69) is 0 Å². The summed E-state index contributed by atoms with van der Waals surface area (Å²) in [5, 5.41) is 16.9. The molecule has 0 aromatic heterocycles. The highest BCUT2D eigenvalue weighted by atomic mass is 19.1. The fraction of sp³-hybridized carbons (Fsp3) is 0.0667. The molecule has 0 radical (unpaired) electrons. The number of halogens is 1. The minimum absolute atomic E-state index is 0.0641. The molecule has 4 nitrogen and oxygen atoms in total. The molecule has 5 heteroatoms. The predicted octanol–water partition coefficient (Wildman–Crippen LogP) is 2.45. The van der Waals surface area contributed by atoms with Crippen LogP contribution in [-0.4, -0.2) is 16.8 Å². The molecule has 0 fully saturated rings. The number of carboxylic acids is 1. The van der Waals surface area contributed by atoms with Gasteiger partial charge in [-0.25, -0.2) is 4.39 Å². The molecule has 0 amide bonds. The summed E-state index contributed by atoms with van der Waals surface area (Å²) >= 11 is 0. The second-order valence-electron chi connectivity index (χ2n) is 4.38. The smallest absolute Gasteiger partial charge is 0.307 e. The first kappa shape index (κ1) is 13.7. The van der Waals surface area contributed by atoms with Gasteiger partial charge in [0.05, 0.1) is 12.1 Å². The number of carboxylic acid groups (broad SMARTS) is 1. The molecule has 20 heavy (non-hydrogen) atoms. The number of benzene rings is 2. The number of carbonyl (C=O) groups is 1. The molecule has 2 aromatic carbocycles. The van der Waals surface area contributed by atoms with Crippen LogP contribution in [0, 0.1) is 11.2 Å². The van der Waals surface area contributed by atoms with Gasteiger partial charge in [0.15, 0.2) is 0 Å². The van der Waals surface area contributed by atoms with Crippen LogP contribution in [0.1, 0.15) is 16.7 Å². The lowest BCUT2D eigenvalue weighted by molar-refractivity contribution is -0.136. The molecule has 0 bridgehead atoms. The predicted molar refractivity (Wildman–Crippen MR) is 74.5 cm³/mol. The van der Waals surface area contributed by atoms with E-state index in [1.165, 1.54) is 18.2 Å². The standard InChI is InChI=1S/C15H13FN2O2/c16-11-3-1-2-10(8-11)15(18)12-6-9(7-14(19)20)4-5-13(12)17/h1-6,8,18H,7,17H2,(H,19,20). The summed E-state index contributed by atoms with van der Waals surface area (Å²) in [4.78, 5) is 10.7. The fourth-order valence-corrected chi connectivity index (χ4v) is 1.90. The van der Waals surface area contributed by atoms with Crippen molar-refractivity contribution in [3.63, 3.8) is 0 Å². The largest absolute Gasteiger partial charge is 0.481 e. The second-order valence-corrected chi connectivity index (χ2v) is 4.38. The Kier molecular flexibility index (Phi) is 3.79. The van der Waals surface area contributed by atoms with E-state index in [4.69, 9.17) is 16.2 Å². The van der Waals surface area contributed by atoms with E-state index in [0.717, 1.165) is 0 Å². The molecule has 0 heterocycles. The van der Waals surface area contributed by atoms with Gasteiger partial charge in [-0.15, -0.1) is 0 Å². The Morgan fingerprint density at radius 2 is 2.00 bits per heavy atom. The Bertz CT molecular complexity index is 683. The van der Waals surface area contributed by atoms with E-state index in [0.29, 0.717) is 22.4 Å². The zero-order valence-corrected chi connectivity index (χ0v) is 10.6. The van der Waals surface area contributed by atoms with E-state index < -0.39 is 11.8 Å². The number of hydrogen-bond donors (Lipinski definition) is 3. The van der Waals surface area contributed by atoms with E-state index >= 15 is 0 Å². The van der Waals surface area contributed by atoms with E-state index in [-0.39, 0.29) is 12.1 Å². The van der Waals surface area contributed by atoms with Crippen molar-refractivity contribution in [3.05, 3.63) is 65.0 Å². The van der Waals surface area contributed by atoms with Gasteiger partial charge in [-0.2, -0.15) is 0 Å². The van der Waals surface area contributed by atoms with Crippen molar-refractivity contribution in [2.24, 2.45) is 0 Å². The Balaban J connectivity index is 2.41. The van der Waals surface area contributed by atoms with Crippen molar-refractivity contribution in [2.45, 2.75) is 6.42 Å². The highest BCUT2D eigenvalue weighted by molar-refractivity contribution is 6.13. The average Bonchev–Trinajstić information content (AvgIpc) is 2.39. The van der Waals surface area contributed by atoms with E-state index in [1.54, 1.807) is 24.3 Å². The summed E-state index contributed by atoms with van der Waals surface area (Å²) < 4.78 is 13.2. The molecule has 2 rings (SSSR count). The first-order chi connectivity index (χ1) is 9.47. The fourth-order valence-electron chi connectivity index (χ4n) is 1.90. The van der Waals surface area contributed by atoms with Gasteiger partial charge in [-0.05, 0) is 29.8 Å². The third-order valence-corrected chi connectivity index (χ3v) is 2.86. The molecular weight excluding hydrogens is 259 g/mol. The SMILES string of the molecule is N=C(c1cccc(F)c1)c1cc(CC(=O)O)ccc1N. The van der Waals surface area contributed by atoms with Crippen LogP contribution >= 0.6 is 0 Å². The molecule has 4 N–H and O–H groups in total. The van der Waals surface area contributed by atoms with Crippen LogP contribution < -0.4 is 5.73 Å². The van der Waals surface area contributed by atoms with Gasteiger partial charge in [0.25, 0.3) is 0 Å². The summed E-state index contributed by atoms with van der Waals surface area (Å²) in [6, 6.07) is 10.4. The zero-order chi connectivity index (χ0) is 14.7. The van der Waals surface area contributed by atoms with Crippen molar-refractivity contribution in [3.8, 4) is 0 Å². The monoisotopic (exact) mass is 272 g/mol. The lowest BCUT2D eigenvalue weighted by atomic mass is 9.98. The van der Waals surface area contributed by atoms with Crippen molar-refractivity contribution in [2.75, 3.05) is 5.73 Å². The second kappa shape index (κ2) is 5.52. The third-order valence-electron chi connectivity index (χ3n) is 2.86. The van der Waals surface area contributed by atoms with Crippen molar-refractivity contribution in [1.82, 2.24) is 0 Å². The number of nitrogens with one attached hydrogen (secondary N) is 1. The number of nitrogen functional groups attached to an aromatic ring is 1. The molecule has 0 atom stereocenters. The van der Waals surface area contributed by atoms with Gasteiger partial charge in [0.2, 0.25) is 0 Å². The minimum atomic E-state index is -0.960. The lowest BCUT2D eigenvalue weighted by Crippen LogP contribution is -2.08. The van der Waals surface area contributed by atoms with Crippen LogP contribution in [0.15, 0.2) is 42.5 Å². The number of rotatable bonds is 4. The highest BCUT2D eigenvalue weighted by Crippen LogP contribution is 2.19. The van der Waals surface area contributed by atoms with E-state index in [9.17, 15) is 9.18 Å². The third kappa shape index (κ3) is 3.00. The average molecular weight is 272 g/mol. The molecule has 0 aliphatic heterocycles. The Labute approximate surface area is 115 Å². The number of hydrogen-bond acceptors (Lipinski definition) is 3. The van der Waals surface area contributed by atoms with Crippen LogP contribution in [0.5, 0.6) is 0 Å². The molecule has 0 spiro atoms. The Morgan fingerprint density at radius 3 is 2.65 bits per heavy atom. The number of aliphatic carboxylic acids is 1. The van der Waals surface area contributed by atoms with Gasteiger partial charge in [0, 0.05) is 16.8 Å². The van der Waals surface area contributed by atoms with Gasteiger partial charge < -0.3 is 10.8 Å². The van der Waals surface area contributed by atoms with Crippen LogP contribution in [0.2, 0.25) is 0 Å². The van der Waals surface area contributed by atoms with Crippen molar-refractivity contribution >= 4 is 17.4 Å². The van der Waals surface area contributed by atoms with Gasteiger partial charge in [0.1, 0.15) is 5.82 Å². The van der Waals surface area contributed by atoms with Crippen LogP contribution in [0.4, 0.5) is 10.1 Å². The molecule has 0 saturated carbocycles. The van der Waals surface area contributed by atoms with Crippen LogP contribution in [0.25, 0.3) is 0 Å². The van der Waals surface area contributed by atoms with Gasteiger partial charge in [-0.1, -0.05) is 18.2 Å². The summed E-state index contributed by atoms with van der Waals surface area (Å²) in [6.07, 6.45) is -0.149. The number of nitrogens with two attached hydrogens (primary N) is 1. The first-order valence-corrected chi connectivity index (χ1v) is 5.92. The minimum Gasteiger partial charge on any atom is -0.481 e.